The highest BCUT2D eigenvalue weighted by atomic mass is 16.5. The Morgan fingerprint density at radius 1 is 1.05 bits per heavy atom. The van der Waals surface area contributed by atoms with Gasteiger partial charge < -0.3 is 20.1 Å². The largest absolute Gasteiger partial charge is 0.508 e. The molecule has 0 aliphatic heterocycles. The molecule has 2 aromatic carbocycles. The Kier molecular flexibility index (Phi) is 6.94. The molecule has 0 unspecified atom stereocenters. The molecule has 0 saturated heterocycles. The highest BCUT2D eigenvalue weighted by Gasteiger charge is 2.11. The number of hydrogen-bond donors (Lipinski definition) is 3. The number of carbonyl (C=O) groups excluding carboxylic acids is 1. The fourth-order valence-electron chi connectivity index (χ4n) is 1.67. The molecule has 21 heavy (non-hydrogen) atoms. The number of aliphatic hydroxyl groups is 1. The maximum atomic E-state index is 11.8. The van der Waals surface area contributed by atoms with E-state index in [4.69, 9.17) is 14.9 Å². The van der Waals surface area contributed by atoms with Crippen LogP contribution >= 0.6 is 0 Å². The lowest BCUT2D eigenvalue weighted by atomic mass is 10.1. The lowest BCUT2D eigenvalue weighted by molar-refractivity contribution is 0.0724. The van der Waals surface area contributed by atoms with Crippen molar-refractivity contribution in [3.8, 4) is 11.5 Å². The SMILES string of the molecule is CO.O=C(COCc1ccccc1)c1ccc(O)cc1O. The molecule has 3 N–H and O–H groups in total. The molecule has 0 heterocycles. The highest BCUT2D eigenvalue weighted by Crippen LogP contribution is 2.22. The van der Waals surface area contributed by atoms with Gasteiger partial charge >= 0.3 is 0 Å². The second-order valence-electron chi connectivity index (χ2n) is 4.10. The summed E-state index contributed by atoms with van der Waals surface area (Å²) in [7, 11) is 1.00. The van der Waals surface area contributed by atoms with Crippen molar-refractivity contribution in [2.75, 3.05) is 13.7 Å². The van der Waals surface area contributed by atoms with Gasteiger partial charge in [-0.3, -0.25) is 4.79 Å². The van der Waals surface area contributed by atoms with Crippen LogP contribution in [0.2, 0.25) is 0 Å². The van der Waals surface area contributed by atoms with Crippen LogP contribution in [-0.4, -0.2) is 34.8 Å². The van der Waals surface area contributed by atoms with Crippen molar-refractivity contribution in [2.45, 2.75) is 6.61 Å². The molecular formula is C16H18O5. The van der Waals surface area contributed by atoms with Gasteiger partial charge in [-0.25, -0.2) is 0 Å². The van der Waals surface area contributed by atoms with Crippen LogP contribution in [0.4, 0.5) is 0 Å². The molecule has 0 spiro atoms. The van der Waals surface area contributed by atoms with E-state index >= 15 is 0 Å². The van der Waals surface area contributed by atoms with Crippen LogP contribution in [-0.2, 0) is 11.3 Å². The highest BCUT2D eigenvalue weighted by molar-refractivity contribution is 5.99. The summed E-state index contributed by atoms with van der Waals surface area (Å²) in [6, 6.07) is 13.4. The monoisotopic (exact) mass is 290 g/mol. The molecule has 0 aromatic heterocycles. The van der Waals surface area contributed by atoms with Crippen molar-refractivity contribution < 1.29 is 24.9 Å². The van der Waals surface area contributed by atoms with Crippen LogP contribution in [0.3, 0.4) is 0 Å². The third-order valence-electron chi connectivity index (χ3n) is 2.63. The predicted molar refractivity (Wildman–Crippen MR) is 78.3 cm³/mol. The standard InChI is InChI=1S/C15H14O4.CH4O/c16-12-6-7-13(14(17)8-12)15(18)10-19-9-11-4-2-1-3-5-11;1-2/h1-8,16-17H,9-10H2;2H,1H3. The van der Waals surface area contributed by atoms with Crippen molar-refractivity contribution in [3.05, 3.63) is 59.7 Å². The van der Waals surface area contributed by atoms with Gasteiger partial charge in [-0.1, -0.05) is 30.3 Å². The molecule has 2 rings (SSSR count). The number of rotatable bonds is 5. The molecule has 2 aromatic rings. The predicted octanol–water partition coefficient (Wildman–Crippen LogP) is 2.11. The lowest BCUT2D eigenvalue weighted by Gasteiger charge is -2.06. The molecule has 0 saturated carbocycles. The summed E-state index contributed by atoms with van der Waals surface area (Å²) < 4.78 is 5.30. The number of benzene rings is 2. The van der Waals surface area contributed by atoms with Gasteiger partial charge in [0.1, 0.15) is 18.1 Å². The van der Waals surface area contributed by atoms with E-state index in [2.05, 4.69) is 0 Å². The minimum absolute atomic E-state index is 0.0840. The van der Waals surface area contributed by atoms with Crippen molar-refractivity contribution in [1.82, 2.24) is 0 Å². The molecule has 5 nitrogen and oxygen atoms in total. The Hall–Kier alpha value is -2.37. The van der Waals surface area contributed by atoms with Gasteiger partial charge in [0, 0.05) is 13.2 Å². The third kappa shape index (κ3) is 5.25. The van der Waals surface area contributed by atoms with E-state index in [0.717, 1.165) is 18.7 Å². The number of ketones is 1. The number of phenols is 2. The zero-order valence-corrected chi connectivity index (χ0v) is 11.7. The summed E-state index contributed by atoms with van der Waals surface area (Å²) in [5, 5.41) is 25.7. The molecule has 112 valence electrons. The molecular weight excluding hydrogens is 272 g/mol. The number of aromatic hydroxyl groups is 2. The summed E-state index contributed by atoms with van der Waals surface area (Å²) in [5.41, 5.74) is 1.12. The maximum Gasteiger partial charge on any atom is 0.192 e. The van der Waals surface area contributed by atoms with E-state index in [1.807, 2.05) is 30.3 Å². The van der Waals surface area contributed by atoms with Gasteiger partial charge in [0.25, 0.3) is 0 Å². The first-order chi connectivity index (χ1) is 10.2. The van der Waals surface area contributed by atoms with Gasteiger partial charge in [0.05, 0.1) is 12.2 Å². The molecule has 5 heteroatoms. The number of phenolic OH excluding ortho intramolecular Hbond substituents is 2. The first kappa shape index (κ1) is 16.7. The number of carbonyl (C=O) groups is 1. The average molecular weight is 290 g/mol. The second kappa shape index (κ2) is 8.73. The summed E-state index contributed by atoms with van der Waals surface area (Å²) in [6.45, 7) is 0.221. The molecule has 0 aliphatic rings. The van der Waals surface area contributed by atoms with E-state index in [1.54, 1.807) is 0 Å². The Balaban J connectivity index is 0.00000106. The van der Waals surface area contributed by atoms with Gasteiger partial charge in [0.15, 0.2) is 5.78 Å². The number of hydrogen-bond acceptors (Lipinski definition) is 5. The Bertz CT molecular complexity index is 566. The molecule has 0 aliphatic carbocycles. The van der Waals surface area contributed by atoms with Crippen molar-refractivity contribution in [3.63, 3.8) is 0 Å². The fraction of sp³-hybridized carbons (Fsp3) is 0.188. The summed E-state index contributed by atoms with van der Waals surface area (Å²) in [6.07, 6.45) is 0. The number of aliphatic hydroxyl groups excluding tert-OH is 1. The van der Waals surface area contributed by atoms with Crippen LogP contribution in [0.15, 0.2) is 48.5 Å². The Labute approximate surface area is 123 Å². The van der Waals surface area contributed by atoms with Crippen molar-refractivity contribution >= 4 is 5.78 Å². The third-order valence-corrected chi connectivity index (χ3v) is 2.63. The van der Waals surface area contributed by atoms with Crippen molar-refractivity contribution in [1.29, 1.82) is 0 Å². The van der Waals surface area contributed by atoms with E-state index in [9.17, 15) is 9.90 Å². The summed E-state index contributed by atoms with van der Waals surface area (Å²) in [5.74, 6) is -0.652. The minimum Gasteiger partial charge on any atom is -0.508 e. The molecule has 0 fully saturated rings. The maximum absolute atomic E-state index is 11.8. The Morgan fingerprint density at radius 3 is 2.33 bits per heavy atom. The van der Waals surface area contributed by atoms with E-state index in [1.165, 1.54) is 12.1 Å². The van der Waals surface area contributed by atoms with Crippen LogP contribution in [0.1, 0.15) is 15.9 Å². The van der Waals surface area contributed by atoms with E-state index in [0.29, 0.717) is 6.61 Å². The zero-order valence-electron chi connectivity index (χ0n) is 11.7. The van der Waals surface area contributed by atoms with E-state index in [-0.39, 0.29) is 29.5 Å². The number of ether oxygens (including phenoxy) is 1. The van der Waals surface area contributed by atoms with Crippen LogP contribution in [0.5, 0.6) is 11.5 Å². The normalized spacial score (nSPS) is 9.62. The summed E-state index contributed by atoms with van der Waals surface area (Å²) in [4.78, 5) is 11.8. The average Bonchev–Trinajstić information content (AvgIpc) is 2.50. The number of Topliss-reactive ketones (excluding diaryl/α,β-unsaturated/α-hetero) is 1. The first-order valence-electron chi connectivity index (χ1n) is 6.28. The van der Waals surface area contributed by atoms with Crippen LogP contribution in [0.25, 0.3) is 0 Å². The fourth-order valence-corrected chi connectivity index (χ4v) is 1.67. The Morgan fingerprint density at radius 2 is 1.71 bits per heavy atom. The minimum atomic E-state index is -0.326. The molecule has 0 atom stereocenters. The van der Waals surface area contributed by atoms with Crippen LogP contribution < -0.4 is 0 Å². The topological polar surface area (TPSA) is 87.0 Å². The molecule has 0 amide bonds. The lowest BCUT2D eigenvalue weighted by Crippen LogP contribution is -2.09. The first-order valence-corrected chi connectivity index (χ1v) is 6.28. The van der Waals surface area contributed by atoms with Crippen LogP contribution in [0, 0.1) is 0 Å². The summed E-state index contributed by atoms with van der Waals surface area (Å²) >= 11 is 0. The van der Waals surface area contributed by atoms with Gasteiger partial charge in [-0.05, 0) is 17.7 Å². The van der Waals surface area contributed by atoms with Gasteiger partial charge in [-0.2, -0.15) is 0 Å². The van der Waals surface area contributed by atoms with Gasteiger partial charge in [0.2, 0.25) is 0 Å². The van der Waals surface area contributed by atoms with Crippen molar-refractivity contribution in [2.24, 2.45) is 0 Å². The van der Waals surface area contributed by atoms with Gasteiger partial charge in [-0.15, -0.1) is 0 Å². The zero-order chi connectivity index (χ0) is 15.7. The smallest absolute Gasteiger partial charge is 0.192 e. The molecule has 0 bridgehead atoms. The second-order valence-corrected chi connectivity index (χ2v) is 4.10. The van der Waals surface area contributed by atoms with E-state index < -0.39 is 0 Å². The molecule has 0 radical (unpaired) electrons. The quantitative estimate of drug-likeness (QED) is 0.734.